The first-order valence-corrected chi connectivity index (χ1v) is 5.32. The van der Waals surface area contributed by atoms with Crippen molar-refractivity contribution in [3.8, 4) is 0 Å². The average Bonchev–Trinajstić information content (AvgIpc) is 2.41. The fourth-order valence-corrected chi connectivity index (χ4v) is 3.19. The molecule has 0 aliphatic heterocycles. The molecular weight excluding hydrogens is 164 g/mol. The van der Waals surface area contributed by atoms with Gasteiger partial charge in [0, 0.05) is 6.92 Å². The molecular formula is C11H18O2. The minimum Gasteiger partial charge on any atom is -0.463 e. The number of ether oxygens (including phenoxy) is 1. The van der Waals surface area contributed by atoms with E-state index in [1.807, 2.05) is 0 Å². The van der Waals surface area contributed by atoms with Crippen molar-refractivity contribution in [3.63, 3.8) is 0 Å². The lowest BCUT2D eigenvalue weighted by molar-refractivity contribution is -0.146. The van der Waals surface area contributed by atoms with Gasteiger partial charge in [-0.15, -0.1) is 0 Å². The van der Waals surface area contributed by atoms with Gasteiger partial charge in [-0.1, -0.05) is 6.92 Å². The molecule has 2 saturated carbocycles. The van der Waals surface area contributed by atoms with Crippen LogP contribution in [0.5, 0.6) is 0 Å². The van der Waals surface area contributed by atoms with Gasteiger partial charge in [0.1, 0.15) is 6.10 Å². The van der Waals surface area contributed by atoms with E-state index in [-0.39, 0.29) is 12.1 Å². The maximum absolute atomic E-state index is 10.8. The largest absolute Gasteiger partial charge is 0.463 e. The summed E-state index contributed by atoms with van der Waals surface area (Å²) in [6.45, 7) is 3.84. The highest BCUT2D eigenvalue weighted by Gasteiger charge is 2.41. The first-order valence-electron chi connectivity index (χ1n) is 5.32. The van der Waals surface area contributed by atoms with Crippen molar-refractivity contribution in [2.24, 2.45) is 17.8 Å². The molecule has 2 fully saturated rings. The molecule has 0 aromatic heterocycles. The van der Waals surface area contributed by atoms with Crippen molar-refractivity contribution >= 4 is 5.97 Å². The Balaban J connectivity index is 1.86. The predicted molar refractivity (Wildman–Crippen MR) is 50.2 cm³/mol. The fraction of sp³-hybridized carbons (Fsp3) is 0.909. The second-order valence-corrected chi connectivity index (χ2v) is 4.80. The van der Waals surface area contributed by atoms with E-state index in [0.717, 1.165) is 30.6 Å². The number of rotatable bonds is 1. The molecule has 0 aromatic rings. The molecule has 0 aromatic carbocycles. The monoisotopic (exact) mass is 182 g/mol. The van der Waals surface area contributed by atoms with Crippen LogP contribution in [0.4, 0.5) is 0 Å². The zero-order chi connectivity index (χ0) is 9.42. The second-order valence-electron chi connectivity index (χ2n) is 4.80. The summed E-state index contributed by atoms with van der Waals surface area (Å²) < 4.78 is 5.24. The van der Waals surface area contributed by atoms with E-state index in [1.54, 1.807) is 0 Å². The first-order chi connectivity index (χ1) is 6.15. The number of esters is 1. The SMILES string of the molecule is CC(=O)OC1C[C@H]2CC(C)C[C@H]2C1. The lowest BCUT2D eigenvalue weighted by Crippen LogP contribution is -2.13. The third-order valence-corrected chi connectivity index (χ3v) is 3.54. The molecule has 0 radical (unpaired) electrons. The van der Waals surface area contributed by atoms with Gasteiger partial charge in [0.05, 0.1) is 0 Å². The van der Waals surface area contributed by atoms with E-state index in [4.69, 9.17) is 4.74 Å². The van der Waals surface area contributed by atoms with E-state index in [9.17, 15) is 4.79 Å². The Bertz CT molecular complexity index is 198. The lowest BCUT2D eigenvalue weighted by atomic mass is 10.0. The van der Waals surface area contributed by atoms with Crippen LogP contribution < -0.4 is 0 Å². The zero-order valence-electron chi connectivity index (χ0n) is 8.45. The molecule has 0 amide bonds. The van der Waals surface area contributed by atoms with Crippen LogP contribution in [-0.4, -0.2) is 12.1 Å². The maximum atomic E-state index is 10.8. The molecule has 13 heavy (non-hydrogen) atoms. The molecule has 74 valence electrons. The molecule has 4 atom stereocenters. The number of carbonyl (C=O) groups is 1. The van der Waals surface area contributed by atoms with Crippen LogP contribution in [0.1, 0.15) is 39.5 Å². The number of hydrogen-bond acceptors (Lipinski definition) is 2. The van der Waals surface area contributed by atoms with Gasteiger partial charge >= 0.3 is 5.97 Å². The van der Waals surface area contributed by atoms with Crippen molar-refractivity contribution in [2.45, 2.75) is 45.6 Å². The summed E-state index contributed by atoms with van der Waals surface area (Å²) in [6, 6.07) is 0. The summed E-state index contributed by atoms with van der Waals surface area (Å²) in [6.07, 6.45) is 5.17. The zero-order valence-corrected chi connectivity index (χ0v) is 8.45. The minimum atomic E-state index is -0.113. The number of hydrogen-bond donors (Lipinski definition) is 0. The van der Waals surface area contributed by atoms with E-state index >= 15 is 0 Å². The Morgan fingerprint density at radius 3 is 2.15 bits per heavy atom. The van der Waals surface area contributed by atoms with Gasteiger partial charge in [0.25, 0.3) is 0 Å². The van der Waals surface area contributed by atoms with Crippen LogP contribution in [-0.2, 0) is 9.53 Å². The smallest absolute Gasteiger partial charge is 0.302 e. The molecule has 0 N–H and O–H groups in total. The molecule has 0 saturated heterocycles. The Hall–Kier alpha value is -0.530. The molecule has 0 heterocycles. The topological polar surface area (TPSA) is 26.3 Å². The maximum Gasteiger partial charge on any atom is 0.302 e. The Labute approximate surface area is 79.7 Å². The van der Waals surface area contributed by atoms with E-state index in [0.29, 0.717) is 0 Å². The van der Waals surface area contributed by atoms with Gasteiger partial charge in [-0.25, -0.2) is 0 Å². The highest BCUT2D eigenvalue weighted by atomic mass is 16.5. The lowest BCUT2D eigenvalue weighted by Gasteiger charge is -2.12. The van der Waals surface area contributed by atoms with Gasteiger partial charge < -0.3 is 4.74 Å². The summed E-state index contributed by atoms with van der Waals surface area (Å²) in [5, 5.41) is 0. The van der Waals surface area contributed by atoms with Crippen molar-refractivity contribution in [3.05, 3.63) is 0 Å². The highest BCUT2D eigenvalue weighted by Crippen LogP contribution is 2.47. The summed E-state index contributed by atoms with van der Waals surface area (Å²) in [4.78, 5) is 10.8. The van der Waals surface area contributed by atoms with Crippen LogP contribution in [0.2, 0.25) is 0 Å². The Kier molecular flexibility index (Phi) is 2.31. The van der Waals surface area contributed by atoms with Gasteiger partial charge in [0.15, 0.2) is 0 Å². The van der Waals surface area contributed by atoms with Gasteiger partial charge in [-0.05, 0) is 43.4 Å². The van der Waals surface area contributed by atoms with Gasteiger partial charge in [-0.2, -0.15) is 0 Å². The molecule has 0 bridgehead atoms. The van der Waals surface area contributed by atoms with Crippen molar-refractivity contribution in [1.29, 1.82) is 0 Å². The molecule has 2 rings (SSSR count). The van der Waals surface area contributed by atoms with Crippen LogP contribution in [0.25, 0.3) is 0 Å². The normalized spacial score (nSPS) is 43.2. The fourth-order valence-electron chi connectivity index (χ4n) is 3.19. The summed E-state index contributed by atoms with van der Waals surface area (Å²) in [5.41, 5.74) is 0. The molecule has 2 unspecified atom stereocenters. The first kappa shape index (κ1) is 9.04. The molecule has 2 aliphatic rings. The van der Waals surface area contributed by atoms with Crippen molar-refractivity contribution in [1.82, 2.24) is 0 Å². The highest BCUT2D eigenvalue weighted by molar-refractivity contribution is 5.66. The summed E-state index contributed by atoms with van der Waals surface area (Å²) in [7, 11) is 0. The molecule has 2 heteroatoms. The van der Waals surface area contributed by atoms with Crippen LogP contribution in [0.15, 0.2) is 0 Å². The van der Waals surface area contributed by atoms with E-state index < -0.39 is 0 Å². The van der Waals surface area contributed by atoms with Crippen LogP contribution in [0, 0.1) is 17.8 Å². The standard InChI is InChI=1S/C11H18O2/c1-7-3-9-5-11(13-8(2)12)6-10(9)4-7/h7,9-11H,3-6H2,1-2H3/t7?,9-,10+,11?. The quantitative estimate of drug-likeness (QED) is 0.582. The van der Waals surface area contributed by atoms with Crippen LogP contribution in [0.3, 0.4) is 0 Å². The summed E-state index contributed by atoms with van der Waals surface area (Å²) >= 11 is 0. The number of carbonyl (C=O) groups excluding carboxylic acids is 1. The van der Waals surface area contributed by atoms with Crippen molar-refractivity contribution < 1.29 is 9.53 Å². The minimum absolute atomic E-state index is 0.113. The third kappa shape index (κ3) is 1.87. The van der Waals surface area contributed by atoms with Crippen LogP contribution >= 0.6 is 0 Å². The van der Waals surface area contributed by atoms with E-state index in [1.165, 1.54) is 19.8 Å². The third-order valence-electron chi connectivity index (χ3n) is 3.54. The van der Waals surface area contributed by atoms with Crippen molar-refractivity contribution in [2.75, 3.05) is 0 Å². The predicted octanol–water partition coefficient (Wildman–Crippen LogP) is 2.37. The Morgan fingerprint density at radius 1 is 1.15 bits per heavy atom. The van der Waals surface area contributed by atoms with E-state index in [2.05, 4.69) is 6.92 Å². The van der Waals surface area contributed by atoms with Gasteiger partial charge in [0.2, 0.25) is 0 Å². The molecule has 2 aliphatic carbocycles. The van der Waals surface area contributed by atoms with Gasteiger partial charge in [-0.3, -0.25) is 4.79 Å². The summed E-state index contributed by atoms with van der Waals surface area (Å²) in [5.74, 6) is 2.48. The Morgan fingerprint density at radius 2 is 1.69 bits per heavy atom. The molecule has 2 nitrogen and oxygen atoms in total. The second kappa shape index (κ2) is 3.32. The number of fused-ring (bicyclic) bond motifs is 1. The average molecular weight is 182 g/mol. The molecule has 0 spiro atoms.